The van der Waals surface area contributed by atoms with Crippen LogP contribution in [0.2, 0.25) is 0 Å². The summed E-state index contributed by atoms with van der Waals surface area (Å²) in [4.78, 5) is 36.3. The SMILES string of the molecule is Cc1cc(O)cc(C)c1C[C@H](NC(=O)C(N)CCCN=C(N)N)C(=O)N[C@H](CCCCN)c1nc(C23CC4CC(CC(C4)C2)C3)no1. The number of amides is 2. The fraction of sp³-hybridized carbons (Fsp3) is 0.676. The van der Waals surface area contributed by atoms with E-state index >= 15 is 0 Å². The average molecular weight is 652 g/mol. The van der Waals surface area contributed by atoms with Gasteiger partial charge < -0.3 is 43.2 Å². The summed E-state index contributed by atoms with van der Waals surface area (Å²) >= 11 is 0. The zero-order chi connectivity index (χ0) is 33.7. The van der Waals surface area contributed by atoms with Crippen molar-refractivity contribution in [3.05, 3.63) is 40.5 Å². The molecule has 1 heterocycles. The number of phenols is 1. The maximum absolute atomic E-state index is 14.1. The van der Waals surface area contributed by atoms with Crippen LogP contribution in [0.4, 0.5) is 0 Å². The Labute approximate surface area is 277 Å². The van der Waals surface area contributed by atoms with Crippen molar-refractivity contribution in [2.75, 3.05) is 13.1 Å². The van der Waals surface area contributed by atoms with Crippen molar-refractivity contribution < 1.29 is 19.2 Å². The van der Waals surface area contributed by atoms with Crippen molar-refractivity contribution in [2.24, 2.45) is 45.7 Å². The second-order valence-electron chi connectivity index (χ2n) is 14.4. The minimum atomic E-state index is -0.948. The van der Waals surface area contributed by atoms with Gasteiger partial charge in [0.15, 0.2) is 11.8 Å². The molecule has 11 N–H and O–H groups in total. The Bertz CT molecular complexity index is 1380. The number of carbonyl (C=O) groups is 2. The molecular weight excluding hydrogens is 598 g/mol. The van der Waals surface area contributed by atoms with Crippen molar-refractivity contribution in [3.8, 4) is 5.75 Å². The normalized spacial score (nSPS) is 24.8. The lowest BCUT2D eigenvalue weighted by Gasteiger charge is -2.55. The van der Waals surface area contributed by atoms with E-state index in [1.54, 1.807) is 12.1 Å². The molecule has 4 bridgehead atoms. The van der Waals surface area contributed by atoms with Gasteiger partial charge in [0.1, 0.15) is 17.8 Å². The molecular formula is C34H53N9O4. The van der Waals surface area contributed by atoms with E-state index in [9.17, 15) is 14.7 Å². The van der Waals surface area contributed by atoms with Gasteiger partial charge in [-0.2, -0.15) is 4.98 Å². The van der Waals surface area contributed by atoms with Gasteiger partial charge in [0.2, 0.25) is 17.7 Å². The quantitative estimate of drug-likeness (QED) is 0.0794. The van der Waals surface area contributed by atoms with E-state index in [-0.39, 0.29) is 29.5 Å². The van der Waals surface area contributed by atoms with Crippen LogP contribution >= 0.6 is 0 Å². The van der Waals surface area contributed by atoms with Crippen LogP contribution in [0.3, 0.4) is 0 Å². The number of carbonyl (C=O) groups excluding carboxylic acids is 2. The van der Waals surface area contributed by atoms with Crippen LogP contribution in [0, 0.1) is 31.6 Å². The largest absolute Gasteiger partial charge is 0.508 e. The number of phenolic OH excluding ortho intramolecular Hbond substituents is 1. The van der Waals surface area contributed by atoms with E-state index in [0.29, 0.717) is 38.2 Å². The number of hydrogen-bond acceptors (Lipinski definition) is 9. The number of aromatic hydroxyl groups is 1. The summed E-state index contributed by atoms with van der Waals surface area (Å²) in [6.45, 7) is 4.61. The van der Waals surface area contributed by atoms with Crippen molar-refractivity contribution in [3.63, 3.8) is 0 Å². The van der Waals surface area contributed by atoms with Crippen LogP contribution in [-0.4, -0.2) is 58.2 Å². The number of aromatic nitrogens is 2. The summed E-state index contributed by atoms with van der Waals surface area (Å²) < 4.78 is 5.92. The fourth-order valence-corrected chi connectivity index (χ4v) is 8.63. The average Bonchev–Trinajstić information content (AvgIpc) is 3.50. The van der Waals surface area contributed by atoms with Gasteiger partial charge in [-0.05, 0) is 138 Å². The second-order valence-corrected chi connectivity index (χ2v) is 14.4. The number of aliphatic imine (C=N–C) groups is 1. The standard InChI is InChI=1S/C34H53N9O4/c1-19-10-24(44)11-20(2)25(19)15-28(41-29(45)26(36)6-5-9-39-33(37)38)30(46)40-27(7-3-4-8-35)31-42-32(43-47-31)34-16-21-12-22(17-34)14-23(13-21)18-34/h10-11,21-23,26-28,44H,3-9,12-18,35-36H2,1-2H3,(H,40,46)(H,41,45)(H4,37,38,39)/t21?,22?,23?,26?,27-,28+,34?/m1/s1. The summed E-state index contributed by atoms with van der Waals surface area (Å²) in [5, 5.41) is 20.7. The molecule has 47 heavy (non-hydrogen) atoms. The third kappa shape index (κ3) is 8.42. The zero-order valence-electron chi connectivity index (χ0n) is 27.8. The molecule has 4 fully saturated rings. The van der Waals surface area contributed by atoms with Gasteiger partial charge in [-0.1, -0.05) is 5.16 Å². The van der Waals surface area contributed by atoms with E-state index in [0.717, 1.165) is 72.4 Å². The van der Waals surface area contributed by atoms with E-state index in [1.165, 1.54) is 19.3 Å². The predicted molar refractivity (Wildman–Crippen MR) is 179 cm³/mol. The molecule has 13 nitrogen and oxygen atoms in total. The molecule has 0 saturated heterocycles. The molecule has 1 aromatic carbocycles. The molecule has 4 aliphatic carbocycles. The minimum Gasteiger partial charge on any atom is -0.508 e. The first kappa shape index (κ1) is 34.6. The summed E-state index contributed by atoms with van der Waals surface area (Å²) in [5.41, 5.74) is 25.3. The van der Waals surface area contributed by atoms with Crippen LogP contribution in [0.15, 0.2) is 21.6 Å². The van der Waals surface area contributed by atoms with Gasteiger partial charge in [0.25, 0.3) is 0 Å². The van der Waals surface area contributed by atoms with Gasteiger partial charge in [0.05, 0.1) is 6.04 Å². The molecule has 13 heteroatoms. The second kappa shape index (κ2) is 15.0. The highest BCUT2D eigenvalue weighted by Crippen LogP contribution is 2.60. The molecule has 1 unspecified atom stereocenters. The molecule has 6 rings (SSSR count). The number of rotatable bonds is 16. The van der Waals surface area contributed by atoms with Crippen LogP contribution in [0.5, 0.6) is 5.75 Å². The van der Waals surface area contributed by atoms with Crippen LogP contribution < -0.4 is 33.6 Å². The summed E-state index contributed by atoms with van der Waals surface area (Å²) in [7, 11) is 0. The first-order valence-electron chi connectivity index (χ1n) is 17.2. The highest BCUT2D eigenvalue weighted by molar-refractivity contribution is 5.90. The summed E-state index contributed by atoms with van der Waals surface area (Å²) in [5.74, 6) is 2.65. The highest BCUT2D eigenvalue weighted by atomic mass is 16.5. The number of hydrogen-bond donors (Lipinski definition) is 7. The maximum atomic E-state index is 14.1. The van der Waals surface area contributed by atoms with Crippen LogP contribution in [-0.2, 0) is 21.4 Å². The number of unbranched alkanes of at least 4 members (excludes halogenated alkanes) is 1. The molecule has 4 aliphatic rings. The first-order chi connectivity index (χ1) is 22.5. The maximum Gasteiger partial charge on any atom is 0.249 e. The molecule has 3 atom stereocenters. The van der Waals surface area contributed by atoms with Gasteiger partial charge in [-0.3, -0.25) is 14.6 Å². The molecule has 4 saturated carbocycles. The lowest BCUT2D eigenvalue weighted by atomic mass is 9.49. The van der Waals surface area contributed by atoms with Gasteiger partial charge >= 0.3 is 0 Å². The third-order valence-corrected chi connectivity index (χ3v) is 10.5. The molecule has 2 aromatic rings. The molecule has 258 valence electrons. The Balaban J connectivity index is 1.35. The van der Waals surface area contributed by atoms with E-state index in [2.05, 4.69) is 20.8 Å². The minimum absolute atomic E-state index is 0.0216. The highest BCUT2D eigenvalue weighted by Gasteiger charge is 2.54. The molecule has 0 spiro atoms. The Morgan fingerprint density at radius 1 is 1.00 bits per heavy atom. The number of nitrogens with one attached hydrogen (secondary N) is 2. The third-order valence-electron chi connectivity index (χ3n) is 10.5. The van der Waals surface area contributed by atoms with E-state index in [1.807, 2.05) is 13.8 Å². The lowest BCUT2D eigenvalue weighted by Crippen LogP contribution is -2.53. The topological polar surface area (TPSA) is 234 Å². The number of guanidine groups is 1. The number of nitrogens with zero attached hydrogens (tertiary/aromatic N) is 3. The van der Waals surface area contributed by atoms with Gasteiger partial charge in [-0.15, -0.1) is 0 Å². The Morgan fingerprint density at radius 3 is 2.23 bits per heavy atom. The van der Waals surface area contributed by atoms with Crippen molar-refractivity contribution in [2.45, 2.75) is 114 Å². The number of aryl methyl sites for hydroxylation is 2. The van der Waals surface area contributed by atoms with E-state index in [4.69, 9.17) is 32.4 Å². The van der Waals surface area contributed by atoms with Gasteiger partial charge in [0, 0.05) is 18.4 Å². The van der Waals surface area contributed by atoms with E-state index < -0.39 is 24.0 Å². The zero-order valence-corrected chi connectivity index (χ0v) is 27.8. The molecule has 1 aromatic heterocycles. The Morgan fingerprint density at radius 2 is 1.64 bits per heavy atom. The Kier molecular flexibility index (Phi) is 11.1. The van der Waals surface area contributed by atoms with Crippen LogP contribution in [0.25, 0.3) is 0 Å². The van der Waals surface area contributed by atoms with Crippen molar-refractivity contribution >= 4 is 17.8 Å². The number of benzene rings is 1. The lowest BCUT2D eigenvalue weighted by molar-refractivity contribution is -0.130. The monoisotopic (exact) mass is 651 g/mol. The smallest absolute Gasteiger partial charge is 0.249 e. The van der Waals surface area contributed by atoms with Crippen LogP contribution in [0.1, 0.15) is 105 Å². The van der Waals surface area contributed by atoms with Gasteiger partial charge in [-0.25, -0.2) is 0 Å². The first-order valence-corrected chi connectivity index (χ1v) is 17.2. The van der Waals surface area contributed by atoms with Crippen molar-refractivity contribution in [1.29, 1.82) is 0 Å². The Hall–Kier alpha value is -3.71. The number of nitrogens with two attached hydrogens (primary N) is 4. The molecule has 0 radical (unpaired) electrons. The fourth-order valence-electron chi connectivity index (χ4n) is 8.63. The summed E-state index contributed by atoms with van der Waals surface area (Å²) in [6.07, 6.45) is 10.4. The summed E-state index contributed by atoms with van der Waals surface area (Å²) in [6, 6.07) is 0.943. The predicted octanol–water partition coefficient (Wildman–Crippen LogP) is 2.25. The molecule has 0 aliphatic heterocycles. The van der Waals surface area contributed by atoms with Crippen molar-refractivity contribution in [1.82, 2.24) is 20.8 Å². The molecule has 2 amide bonds.